The van der Waals surface area contributed by atoms with Gasteiger partial charge in [-0.1, -0.05) is 0 Å². The van der Waals surface area contributed by atoms with Crippen LogP contribution in [0.15, 0.2) is 0 Å². The van der Waals surface area contributed by atoms with E-state index in [4.69, 9.17) is 16.7 Å². The molecular formula is C6H6ClNO2S. The highest BCUT2D eigenvalue weighted by atomic mass is 35.5. The van der Waals surface area contributed by atoms with Gasteiger partial charge in [0.05, 0.1) is 11.6 Å². The van der Waals surface area contributed by atoms with Gasteiger partial charge in [-0.15, -0.1) is 22.9 Å². The summed E-state index contributed by atoms with van der Waals surface area (Å²) < 4.78 is 0. The lowest BCUT2D eigenvalue weighted by molar-refractivity contribution is 0.0701. The van der Waals surface area contributed by atoms with Crippen LogP contribution in [-0.2, 0) is 5.88 Å². The van der Waals surface area contributed by atoms with Gasteiger partial charge in [0.15, 0.2) is 0 Å². The number of carbonyl (C=O) groups is 1. The average Bonchev–Trinajstić information content (AvgIpc) is 2.30. The van der Waals surface area contributed by atoms with Gasteiger partial charge in [-0.3, -0.25) is 0 Å². The van der Waals surface area contributed by atoms with Crippen LogP contribution in [0.5, 0.6) is 0 Å². The zero-order valence-electron chi connectivity index (χ0n) is 5.80. The summed E-state index contributed by atoms with van der Waals surface area (Å²) in [5, 5.41) is 9.26. The Morgan fingerprint density at radius 1 is 1.82 bits per heavy atom. The Morgan fingerprint density at radius 2 is 2.45 bits per heavy atom. The lowest BCUT2D eigenvalue weighted by Gasteiger charge is -1.84. The van der Waals surface area contributed by atoms with Crippen molar-refractivity contribution in [2.45, 2.75) is 12.8 Å². The Bertz CT molecular complexity index is 284. The zero-order chi connectivity index (χ0) is 8.43. The number of rotatable bonds is 2. The Labute approximate surface area is 72.6 Å². The topological polar surface area (TPSA) is 50.2 Å². The maximum absolute atomic E-state index is 10.5. The predicted octanol–water partition coefficient (Wildman–Crippen LogP) is 1.89. The third-order valence-electron chi connectivity index (χ3n) is 1.15. The molecule has 0 spiro atoms. The average molecular weight is 192 g/mol. The first-order valence-electron chi connectivity index (χ1n) is 2.90. The molecule has 1 heterocycles. The molecule has 60 valence electrons. The Kier molecular flexibility index (Phi) is 2.46. The van der Waals surface area contributed by atoms with Crippen LogP contribution in [0, 0.1) is 6.92 Å². The largest absolute Gasteiger partial charge is 0.477 e. The summed E-state index contributed by atoms with van der Waals surface area (Å²) in [7, 11) is 0. The van der Waals surface area contributed by atoms with Gasteiger partial charge in [0.1, 0.15) is 9.88 Å². The summed E-state index contributed by atoms with van der Waals surface area (Å²) in [5.41, 5.74) is 0.540. The number of aryl methyl sites for hydroxylation is 1. The molecule has 11 heavy (non-hydrogen) atoms. The lowest BCUT2D eigenvalue weighted by atomic mass is 10.4. The van der Waals surface area contributed by atoms with Crippen LogP contribution in [0.4, 0.5) is 0 Å². The molecule has 0 aliphatic heterocycles. The number of thiazole rings is 1. The number of hydrogen-bond donors (Lipinski definition) is 1. The summed E-state index contributed by atoms with van der Waals surface area (Å²) >= 11 is 6.60. The number of nitrogens with zero attached hydrogens (tertiary/aromatic N) is 1. The monoisotopic (exact) mass is 191 g/mol. The van der Waals surface area contributed by atoms with E-state index in [0.29, 0.717) is 10.7 Å². The standard InChI is InChI=1S/C6H6ClNO2S/c1-3-5(6(9)10)11-4(2-7)8-3/h2H2,1H3,(H,9,10). The van der Waals surface area contributed by atoms with Crippen molar-refractivity contribution in [1.82, 2.24) is 4.98 Å². The molecule has 0 saturated carbocycles. The lowest BCUT2D eigenvalue weighted by Crippen LogP contribution is -1.94. The van der Waals surface area contributed by atoms with E-state index in [0.717, 1.165) is 11.3 Å². The molecule has 0 amide bonds. The van der Waals surface area contributed by atoms with Crippen molar-refractivity contribution in [3.8, 4) is 0 Å². The maximum atomic E-state index is 10.5. The van der Waals surface area contributed by atoms with Crippen LogP contribution >= 0.6 is 22.9 Å². The van der Waals surface area contributed by atoms with Gasteiger partial charge in [-0.25, -0.2) is 9.78 Å². The molecule has 5 heteroatoms. The summed E-state index contributed by atoms with van der Waals surface area (Å²) in [6.45, 7) is 1.66. The fourth-order valence-corrected chi connectivity index (χ4v) is 1.68. The highest BCUT2D eigenvalue weighted by molar-refractivity contribution is 7.13. The van der Waals surface area contributed by atoms with E-state index >= 15 is 0 Å². The normalized spacial score (nSPS) is 10.0. The highest BCUT2D eigenvalue weighted by Crippen LogP contribution is 2.18. The van der Waals surface area contributed by atoms with Crippen molar-refractivity contribution >= 4 is 28.9 Å². The molecule has 0 saturated heterocycles. The number of carboxylic acid groups (broad SMARTS) is 1. The van der Waals surface area contributed by atoms with Crippen LogP contribution in [-0.4, -0.2) is 16.1 Å². The van der Waals surface area contributed by atoms with Gasteiger partial charge < -0.3 is 5.11 Å². The van der Waals surface area contributed by atoms with Crippen molar-refractivity contribution in [2.75, 3.05) is 0 Å². The van der Waals surface area contributed by atoms with Gasteiger partial charge in [-0.05, 0) is 6.92 Å². The molecule has 0 bridgehead atoms. The first-order valence-corrected chi connectivity index (χ1v) is 4.26. The third kappa shape index (κ3) is 1.70. The van der Waals surface area contributed by atoms with Crippen molar-refractivity contribution in [2.24, 2.45) is 0 Å². The number of aromatic carboxylic acids is 1. The van der Waals surface area contributed by atoms with Crippen molar-refractivity contribution < 1.29 is 9.90 Å². The first-order chi connectivity index (χ1) is 5.15. The van der Waals surface area contributed by atoms with E-state index in [1.54, 1.807) is 6.92 Å². The smallest absolute Gasteiger partial charge is 0.347 e. The second kappa shape index (κ2) is 3.19. The molecule has 0 radical (unpaired) electrons. The fourth-order valence-electron chi connectivity index (χ4n) is 0.708. The second-order valence-electron chi connectivity index (χ2n) is 1.96. The molecule has 0 aliphatic carbocycles. The number of alkyl halides is 1. The molecule has 0 atom stereocenters. The number of aromatic nitrogens is 1. The van der Waals surface area contributed by atoms with Crippen LogP contribution in [0.25, 0.3) is 0 Å². The van der Waals surface area contributed by atoms with Gasteiger partial charge in [0.25, 0.3) is 0 Å². The first kappa shape index (κ1) is 8.49. The molecule has 0 aromatic carbocycles. The van der Waals surface area contributed by atoms with Crippen molar-refractivity contribution in [3.05, 3.63) is 15.6 Å². The number of halogens is 1. The van der Waals surface area contributed by atoms with Crippen LogP contribution in [0.1, 0.15) is 20.4 Å². The minimum absolute atomic E-state index is 0.277. The zero-order valence-corrected chi connectivity index (χ0v) is 7.37. The van der Waals surface area contributed by atoms with Crippen LogP contribution in [0.2, 0.25) is 0 Å². The summed E-state index contributed by atoms with van der Waals surface area (Å²) in [4.78, 5) is 14.7. The highest BCUT2D eigenvalue weighted by Gasteiger charge is 2.12. The fraction of sp³-hybridized carbons (Fsp3) is 0.333. The molecule has 1 aromatic heterocycles. The van der Waals surface area contributed by atoms with E-state index in [2.05, 4.69) is 4.98 Å². The van der Waals surface area contributed by atoms with Crippen molar-refractivity contribution in [3.63, 3.8) is 0 Å². The van der Waals surface area contributed by atoms with Gasteiger partial charge in [0.2, 0.25) is 0 Å². The van der Waals surface area contributed by atoms with E-state index in [1.165, 1.54) is 0 Å². The molecule has 0 fully saturated rings. The quantitative estimate of drug-likeness (QED) is 0.727. The summed E-state index contributed by atoms with van der Waals surface area (Å²) in [5.74, 6) is -0.657. The molecule has 0 unspecified atom stereocenters. The molecule has 1 rings (SSSR count). The van der Waals surface area contributed by atoms with Gasteiger partial charge in [0, 0.05) is 0 Å². The van der Waals surface area contributed by atoms with Crippen LogP contribution < -0.4 is 0 Å². The second-order valence-corrected chi connectivity index (χ2v) is 3.31. The van der Waals surface area contributed by atoms with Gasteiger partial charge >= 0.3 is 5.97 Å². The molecule has 1 N–H and O–H groups in total. The Hall–Kier alpha value is -0.610. The minimum Gasteiger partial charge on any atom is -0.477 e. The van der Waals surface area contributed by atoms with E-state index in [-0.39, 0.29) is 10.8 Å². The SMILES string of the molecule is Cc1nc(CCl)sc1C(=O)O. The van der Waals surface area contributed by atoms with Crippen LogP contribution in [0.3, 0.4) is 0 Å². The molecular weight excluding hydrogens is 186 g/mol. The Morgan fingerprint density at radius 3 is 2.73 bits per heavy atom. The molecule has 3 nitrogen and oxygen atoms in total. The van der Waals surface area contributed by atoms with E-state index in [9.17, 15) is 4.79 Å². The number of hydrogen-bond acceptors (Lipinski definition) is 3. The Balaban J connectivity index is 3.07. The third-order valence-corrected chi connectivity index (χ3v) is 2.71. The minimum atomic E-state index is -0.934. The van der Waals surface area contributed by atoms with Crippen molar-refractivity contribution in [1.29, 1.82) is 0 Å². The van der Waals surface area contributed by atoms with E-state index < -0.39 is 5.97 Å². The summed E-state index contributed by atoms with van der Waals surface area (Å²) in [6, 6.07) is 0. The predicted molar refractivity (Wildman–Crippen MR) is 43.4 cm³/mol. The summed E-state index contributed by atoms with van der Waals surface area (Å²) in [6.07, 6.45) is 0. The van der Waals surface area contributed by atoms with E-state index in [1.807, 2.05) is 0 Å². The maximum Gasteiger partial charge on any atom is 0.347 e. The van der Waals surface area contributed by atoms with Gasteiger partial charge in [-0.2, -0.15) is 0 Å². The number of carboxylic acids is 1. The molecule has 0 aliphatic rings. The molecule has 1 aromatic rings.